The monoisotopic (exact) mass is 368 g/mol. The molecule has 5 heteroatoms. The first-order valence-electron chi connectivity index (χ1n) is 10.2. The summed E-state index contributed by atoms with van der Waals surface area (Å²) in [6.45, 7) is 9.60. The standard InChI is InChI=1S/C22H32N4O/c1-4-13-26-18(3)20(17(2)24-26)15-23-22(27)21-12-8-9-14-25(21)16-19-10-6-5-7-11-19/h5-7,10-11,21H,4,8-9,12-16H2,1-3H3,(H,23,27)/t21-/m1/s1. The highest BCUT2D eigenvalue weighted by molar-refractivity contribution is 5.81. The van der Waals surface area contributed by atoms with Gasteiger partial charge in [0.15, 0.2) is 0 Å². The Labute approximate surface area is 162 Å². The minimum atomic E-state index is -0.0368. The molecule has 2 heterocycles. The number of hydrogen-bond acceptors (Lipinski definition) is 3. The van der Waals surface area contributed by atoms with Gasteiger partial charge in [0.1, 0.15) is 0 Å². The van der Waals surface area contributed by atoms with Gasteiger partial charge in [0.2, 0.25) is 5.91 Å². The predicted octanol–water partition coefficient (Wildman–Crippen LogP) is 3.58. The first-order chi connectivity index (χ1) is 13.1. The van der Waals surface area contributed by atoms with Crippen LogP contribution >= 0.6 is 0 Å². The summed E-state index contributed by atoms with van der Waals surface area (Å²) in [5.41, 5.74) is 4.61. The molecule has 3 rings (SSSR count). The summed E-state index contributed by atoms with van der Waals surface area (Å²) in [6.07, 6.45) is 4.28. The molecule has 1 aliphatic rings. The van der Waals surface area contributed by atoms with Crippen LogP contribution in [0.2, 0.25) is 0 Å². The second kappa shape index (κ2) is 9.18. The molecule has 1 aromatic carbocycles. The zero-order valence-corrected chi connectivity index (χ0v) is 16.9. The van der Waals surface area contributed by atoms with Gasteiger partial charge in [0.25, 0.3) is 0 Å². The van der Waals surface area contributed by atoms with Crippen LogP contribution < -0.4 is 5.32 Å². The molecule has 146 valence electrons. The van der Waals surface area contributed by atoms with Crippen LogP contribution in [0.3, 0.4) is 0 Å². The molecular weight excluding hydrogens is 336 g/mol. The Balaban J connectivity index is 1.64. The molecule has 5 nitrogen and oxygen atoms in total. The van der Waals surface area contributed by atoms with Gasteiger partial charge in [0.05, 0.1) is 11.7 Å². The highest BCUT2D eigenvalue weighted by Gasteiger charge is 2.28. The lowest BCUT2D eigenvalue weighted by molar-refractivity contribution is -0.128. The van der Waals surface area contributed by atoms with Crippen LogP contribution in [0.5, 0.6) is 0 Å². The van der Waals surface area contributed by atoms with Crippen molar-refractivity contribution in [2.45, 2.75) is 72.1 Å². The summed E-state index contributed by atoms with van der Waals surface area (Å²) in [6, 6.07) is 10.4. The van der Waals surface area contributed by atoms with E-state index in [4.69, 9.17) is 0 Å². The first kappa shape index (κ1) is 19.6. The minimum Gasteiger partial charge on any atom is -0.351 e. The highest BCUT2D eigenvalue weighted by atomic mass is 16.2. The quantitative estimate of drug-likeness (QED) is 0.813. The van der Waals surface area contributed by atoms with Crippen LogP contribution in [-0.2, 0) is 24.4 Å². The Bertz CT molecular complexity index is 753. The van der Waals surface area contributed by atoms with Gasteiger partial charge >= 0.3 is 0 Å². The lowest BCUT2D eigenvalue weighted by Crippen LogP contribution is -2.48. The fourth-order valence-corrected chi connectivity index (χ4v) is 4.01. The number of benzene rings is 1. The van der Waals surface area contributed by atoms with Crippen molar-refractivity contribution in [3.05, 3.63) is 52.8 Å². The fourth-order valence-electron chi connectivity index (χ4n) is 4.01. The zero-order chi connectivity index (χ0) is 19.2. The number of nitrogens with one attached hydrogen (secondary N) is 1. The van der Waals surface area contributed by atoms with Gasteiger partial charge in [-0.1, -0.05) is 43.7 Å². The van der Waals surface area contributed by atoms with E-state index >= 15 is 0 Å². The topological polar surface area (TPSA) is 50.2 Å². The Kier molecular flexibility index (Phi) is 6.67. The lowest BCUT2D eigenvalue weighted by atomic mass is 10.00. The van der Waals surface area contributed by atoms with Crippen molar-refractivity contribution in [2.24, 2.45) is 0 Å². The van der Waals surface area contributed by atoms with E-state index in [2.05, 4.69) is 58.1 Å². The molecule has 1 fully saturated rings. The summed E-state index contributed by atoms with van der Waals surface area (Å²) in [5.74, 6) is 0.146. The number of carbonyl (C=O) groups excluding carboxylic acids is 1. The maximum absolute atomic E-state index is 12.9. The number of piperidine rings is 1. The molecule has 1 saturated heterocycles. The molecule has 0 saturated carbocycles. The van der Waals surface area contributed by atoms with Crippen molar-refractivity contribution < 1.29 is 4.79 Å². The van der Waals surface area contributed by atoms with E-state index < -0.39 is 0 Å². The van der Waals surface area contributed by atoms with Gasteiger partial charge in [-0.15, -0.1) is 0 Å². The number of aromatic nitrogens is 2. The Morgan fingerprint density at radius 3 is 2.74 bits per heavy atom. The van der Waals surface area contributed by atoms with E-state index in [1.807, 2.05) is 13.0 Å². The average Bonchev–Trinajstić information content (AvgIpc) is 2.94. The van der Waals surface area contributed by atoms with Crippen LogP contribution in [0.15, 0.2) is 30.3 Å². The van der Waals surface area contributed by atoms with E-state index in [0.29, 0.717) is 6.54 Å². The molecule has 0 bridgehead atoms. The van der Waals surface area contributed by atoms with Gasteiger partial charge in [-0.3, -0.25) is 14.4 Å². The summed E-state index contributed by atoms with van der Waals surface area (Å²) in [5, 5.41) is 7.80. The van der Waals surface area contributed by atoms with Gasteiger partial charge in [-0.05, 0) is 45.2 Å². The highest BCUT2D eigenvalue weighted by Crippen LogP contribution is 2.20. The molecule has 1 amide bonds. The van der Waals surface area contributed by atoms with Gasteiger partial charge in [-0.25, -0.2) is 0 Å². The SMILES string of the molecule is CCCn1nc(C)c(CNC(=O)[C@H]2CCCCN2Cc2ccccc2)c1C. The van der Waals surface area contributed by atoms with Crippen LogP contribution in [0, 0.1) is 13.8 Å². The van der Waals surface area contributed by atoms with Gasteiger partial charge in [0, 0.05) is 30.9 Å². The van der Waals surface area contributed by atoms with E-state index in [1.54, 1.807) is 0 Å². The summed E-state index contributed by atoms with van der Waals surface area (Å²) < 4.78 is 2.05. The summed E-state index contributed by atoms with van der Waals surface area (Å²) in [4.78, 5) is 15.3. The van der Waals surface area contributed by atoms with E-state index in [9.17, 15) is 4.79 Å². The van der Waals surface area contributed by atoms with Gasteiger partial charge < -0.3 is 5.32 Å². The van der Waals surface area contributed by atoms with Crippen molar-refractivity contribution in [3.8, 4) is 0 Å². The molecule has 1 aliphatic heterocycles. The first-order valence-corrected chi connectivity index (χ1v) is 10.2. The van der Waals surface area contributed by atoms with Crippen molar-refractivity contribution >= 4 is 5.91 Å². The summed E-state index contributed by atoms with van der Waals surface area (Å²) in [7, 11) is 0. The summed E-state index contributed by atoms with van der Waals surface area (Å²) >= 11 is 0. The molecule has 0 unspecified atom stereocenters. The largest absolute Gasteiger partial charge is 0.351 e. The number of likely N-dealkylation sites (tertiary alicyclic amines) is 1. The predicted molar refractivity (Wildman–Crippen MR) is 108 cm³/mol. The van der Waals surface area contributed by atoms with E-state index in [1.165, 1.54) is 17.7 Å². The maximum Gasteiger partial charge on any atom is 0.237 e. The molecule has 0 radical (unpaired) electrons. The number of nitrogens with zero attached hydrogens (tertiary/aromatic N) is 3. The third-order valence-corrected chi connectivity index (χ3v) is 5.55. The van der Waals surface area contributed by atoms with Crippen molar-refractivity contribution in [2.75, 3.05) is 6.54 Å². The van der Waals surface area contributed by atoms with Crippen LogP contribution in [0.25, 0.3) is 0 Å². The smallest absolute Gasteiger partial charge is 0.237 e. The number of amides is 1. The molecule has 1 atom stereocenters. The number of aryl methyl sites for hydroxylation is 2. The van der Waals surface area contributed by atoms with E-state index in [0.717, 1.165) is 50.2 Å². The number of hydrogen-bond donors (Lipinski definition) is 1. The Morgan fingerprint density at radius 2 is 2.00 bits per heavy atom. The molecule has 27 heavy (non-hydrogen) atoms. The molecule has 1 N–H and O–H groups in total. The molecule has 0 spiro atoms. The molecule has 2 aromatic rings. The Morgan fingerprint density at radius 1 is 1.22 bits per heavy atom. The second-order valence-electron chi connectivity index (χ2n) is 7.56. The van der Waals surface area contributed by atoms with Crippen molar-refractivity contribution in [3.63, 3.8) is 0 Å². The molecular formula is C22H32N4O. The van der Waals surface area contributed by atoms with Crippen LogP contribution in [0.4, 0.5) is 0 Å². The molecule has 0 aliphatic carbocycles. The third-order valence-electron chi connectivity index (χ3n) is 5.55. The minimum absolute atomic E-state index is 0.0368. The average molecular weight is 369 g/mol. The maximum atomic E-state index is 12.9. The normalized spacial score (nSPS) is 17.8. The number of carbonyl (C=O) groups is 1. The zero-order valence-electron chi connectivity index (χ0n) is 16.9. The van der Waals surface area contributed by atoms with Crippen LogP contribution in [0.1, 0.15) is 55.1 Å². The number of rotatable bonds is 7. The Hall–Kier alpha value is -2.14. The second-order valence-corrected chi connectivity index (χ2v) is 7.56. The molecule has 1 aromatic heterocycles. The van der Waals surface area contributed by atoms with E-state index in [-0.39, 0.29) is 11.9 Å². The fraction of sp³-hybridized carbons (Fsp3) is 0.545. The lowest BCUT2D eigenvalue weighted by Gasteiger charge is -2.34. The van der Waals surface area contributed by atoms with Crippen molar-refractivity contribution in [1.29, 1.82) is 0 Å². The van der Waals surface area contributed by atoms with Crippen LogP contribution in [-0.4, -0.2) is 33.2 Å². The van der Waals surface area contributed by atoms with Crippen molar-refractivity contribution in [1.82, 2.24) is 20.0 Å². The third kappa shape index (κ3) is 4.78. The van der Waals surface area contributed by atoms with Gasteiger partial charge in [-0.2, -0.15) is 5.10 Å².